The summed E-state index contributed by atoms with van der Waals surface area (Å²) in [7, 11) is 0. The van der Waals surface area contributed by atoms with E-state index in [2.05, 4.69) is 15.2 Å². The molecule has 142 valence electrons. The maximum absolute atomic E-state index is 12.3. The zero-order chi connectivity index (χ0) is 19.2. The number of ether oxygens (including phenoxy) is 1. The first kappa shape index (κ1) is 18.8. The number of piperazine rings is 1. The van der Waals surface area contributed by atoms with Crippen LogP contribution in [0.4, 0.5) is 10.8 Å². The molecule has 0 saturated carbocycles. The van der Waals surface area contributed by atoms with Crippen LogP contribution < -0.4 is 10.2 Å². The Balaban J connectivity index is 1.45. The molecular weight excluding hydrogens is 368 g/mol. The summed E-state index contributed by atoms with van der Waals surface area (Å²) in [6, 6.07) is 10.0. The Morgan fingerprint density at radius 3 is 2.52 bits per heavy atom. The van der Waals surface area contributed by atoms with Gasteiger partial charge in [-0.15, -0.1) is 11.3 Å². The van der Waals surface area contributed by atoms with Gasteiger partial charge < -0.3 is 19.9 Å². The normalized spacial score (nSPS) is 14.0. The molecule has 0 atom stereocenters. The second kappa shape index (κ2) is 8.63. The minimum atomic E-state index is -0.681. The monoisotopic (exact) mass is 388 g/mol. The van der Waals surface area contributed by atoms with Crippen LogP contribution in [0.25, 0.3) is 0 Å². The fourth-order valence-electron chi connectivity index (χ4n) is 2.72. The minimum absolute atomic E-state index is 0.0745. The SMILES string of the molecule is CC(=O)Nc1nc(C(=O)OCC(=O)N2CCN(c3ccccc3)CC2)cs1. The lowest BCUT2D eigenvalue weighted by atomic mass is 10.2. The third-order valence-electron chi connectivity index (χ3n) is 4.08. The number of aromatic nitrogens is 1. The number of hydrogen-bond acceptors (Lipinski definition) is 7. The van der Waals surface area contributed by atoms with E-state index < -0.39 is 5.97 Å². The summed E-state index contributed by atoms with van der Waals surface area (Å²) in [6.07, 6.45) is 0. The van der Waals surface area contributed by atoms with E-state index >= 15 is 0 Å². The number of hydrogen-bond donors (Lipinski definition) is 1. The second-order valence-electron chi connectivity index (χ2n) is 6.00. The molecule has 1 N–H and O–H groups in total. The lowest BCUT2D eigenvalue weighted by Gasteiger charge is -2.36. The van der Waals surface area contributed by atoms with Gasteiger partial charge in [0.1, 0.15) is 0 Å². The fourth-order valence-corrected chi connectivity index (χ4v) is 3.45. The molecule has 1 saturated heterocycles. The number of nitrogens with zero attached hydrogens (tertiary/aromatic N) is 3. The maximum atomic E-state index is 12.3. The van der Waals surface area contributed by atoms with Crippen LogP contribution in [0.5, 0.6) is 0 Å². The summed E-state index contributed by atoms with van der Waals surface area (Å²) < 4.78 is 5.06. The number of anilines is 2. The van der Waals surface area contributed by atoms with Gasteiger partial charge >= 0.3 is 5.97 Å². The smallest absolute Gasteiger partial charge is 0.358 e. The number of carbonyl (C=O) groups is 3. The van der Waals surface area contributed by atoms with Gasteiger partial charge in [-0.25, -0.2) is 9.78 Å². The summed E-state index contributed by atoms with van der Waals surface area (Å²) in [6.45, 7) is 3.65. The lowest BCUT2D eigenvalue weighted by Crippen LogP contribution is -2.49. The zero-order valence-corrected chi connectivity index (χ0v) is 15.7. The fraction of sp³-hybridized carbons (Fsp3) is 0.333. The molecule has 0 unspecified atom stereocenters. The first-order valence-corrected chi connectivity index (χ1v) is 9.39. The molecule has 0 bridgehead atoms. The van der Waals surface area contributed by atoms with E-state index in [1.54, 1.807) is 4.90 Å². The number of nitrogens with one attached hydrogen (secondary N) is 1. The standard InChI is InChI=1S/C18H20N4O4S/c1-13(23)19-18-20-15(12-27-18)17(25)26-11-16(24)22-9-7-21(8-10-22)14-5-3-2-4-6-14/h2-6,12H,7-11H2,1H3,(H,19,20,23). The quantitative estimate of drug-likeness (QED) is 0.783. The van der Waals surface area contributed by atoms with Gasteiger partial charge in [-0.3, -0.25) is 9.59 Å². The van der Waals surface area contributed by atoms with E-state index in [9.17, 15) is 14.4 Å². The van der Waals surface area contributed by atoms with E-state index in [-0.39, 0.29) is 24.1 Å². The highest BCUT2D eigenvalue weighted by Gasteiger charge is 2.23. The second-order valence-corrected chi connectivity index (χ2v) is 6.86. The summed E-state index contributed by atoms with van der Waals surface area (Å²) in [5.41, 5.74) is 1.21. The Morgan fingerprint density at radius 1 is 1.15 bits per heavy atom. The number of benzene rings is 1. The van der Waals surface area contributed by atoms with Crippen LogP contribution in [0.15, 0.2) is 35.7 Å². The molecule has 2 amide bonds. The minimum Gasteiger partial charge on any atom is -0.451 e. The summed E-state index contributed by atoms with van der Waals surface area (Å²) >= 11 is 1.12. The third-order valence-corrected chi connectivity index (χ3v) is 4.83. The number of thiazole rings is 1. The zero-order valence-electron chi connectivity index (χ0n) is 14.9. The Bertz CT molecular complexity index is 816. The van der Waals surface area contributed by atoms with Gasteiger partial charge in [0.25, 0.3) is 5.91 Å². The molecule has 9 heteroatoms. The summed E-state index contributed by atoms with van der Waals surface area (Å²) in [4.78, 5) is 43.1. The number of amides is 2. The van der Waals surface area contributed by atoms with Crippen molar-refractivity contribution >= 4 is 39.9 Å². The van der Waals surface area contributed by atoms with Crippen molar-refractivity contribution in [1.29, 1.82) is 0 Å². The Morgan fingerprint density at radius 2 is 1.85 bits per heavy atom. The van der Waals surface area contributed by atoms with Gasteiger partial charge in [-0.2, -0.15) is 0 Å². The molecule has 0 radical (unpaired) electrons. The number of esters is 1. The first-order valence-electron chi connectivity index (χ1n) is 8.51. The average Bonchev–Trinajstić information content (AvgIpc) is 3.14. The first-order chi connectivity index (χ1) is 13.0. The molecule has 3 rings (SSSR count). The highest BCUT2D eigenvalue weighted by atomic mass is 32.1. The van der Waals surface area contributed by atoms with Crippen LogP contribution >= 0.6 is 11.3 Å². The van der Waals surface area contributed by atoms with Crippen molar-refractivity contribution in [3.63, 3.8) is 0 Å². The number of rotatable bonds is 5. The van der Waals surface area contributed by atoms with Crippen molar-refractivity contribution in [1.82, 2.24) is 9.88 Å². The molecule has 1 aromatic carbocycles. The molecule has 2 aromatic rings. The number of para-hydroxylation sites is 1. The van der Waals surface area contributed by atoms with Crippen molar-refractivity contribution in [2.45, 2.75) is 6.92 Å². The van der Waals surface area contributed by atoms with Crippen LogP contribution in [0.3, 0.4) is 0 Å². The molecule has 1 fully saturated rings. The van der Waals surface area contributed by atoms with Gasteiger partial charge in [-0.05, 0) is 12.1 Å². The average molecular weight is 388 g/mol. The molecule has 1 aromatic heterocycles. The highest BCUT2D eigenvalue weighted by Crippen LogP contribution is 2.17. The van der Waals surface area contributed by atoms with Crippen molar-refractivity contribution < 1.29 is 19.1 Å². The van der Waals surface area contributed by atoms with E-state index in [1.807, 2.05) is 30.3 Å². The largest absolute Gasteiger partial charge is 0.451 e. The van der Waals surface area contributed by atoms with E-state index in [4.69, 9.17) is 4.74 Å². The molecule has 0 aliphatic carbocycles. The highest BCUT2D eigenvalue weighted by molar-refractivity contribution is 7.14. The Kier molecular flexibility index (Phi) is 6.02. The predicted molar refractivity (Wildman–Crippen MR) is 102 cm³/mol. The van der Waals surface area contributed by atoms with Crippen LogP contribution in [-0.2, 0) is 14.3 Å². The molecule has 8 nitrogen and oxygen atoms in total. The summed E-state index contributed by atoms with van der Waals surface area (Å²) in [5.74, 6) is -1.18. The van der Waals surface area contributed by atoms with Gasteiger partial charge in [0.05, 0.1) is 0 Å². The molecule has 0 spiro atoms. The lowest BCUT2D eigenvalue weighted by molar-refractivity contribution is -0.134. The predicted octanol–water partition coefficient (Wildman–Crippen LogP) is 1.61. The van der Waals surface area contributed by atoms with Gasteiger partial charge in [0, 0.05) is 44.2 Å². The van der Waals surface area contributed by atoms with Crippen LogP contribution in [0.1, 0.15) is 17.4 Å². The van der Waals surface area contributed by atoms with Crippen LogP contribution in [0, 0.1) is 0 Å². The molecule has 27 heavy (non-hydrogen) atoms. The Hall–Kier alpha value is -2.94. The molecule has 1 aliphatic rings. The van der Waals surface area contributed by atoms with Gasteiger partial charge in [0.2, 0.25) is 5.91 Å². The molecular formula is C18H20N4O4S. The van der Waals surface area contributed by atoms with Gasteiger partial charge in [-0.1, -0.05) is 18.2 Å². The van der Waals surface area contributed by atoms with Crippen molar-refractivity contribution in [3.8, 4) is 0 Å². The molecule has 2 heterocycles. The van der Waals surface area contributed by atoms with E-state index in [1.165, 1.54) is 12.3 Å². The van der Waals surface area contributed by atoms with E-state index in [0.29, 0.717) is 18.2 Å². The van der Waals surface area contributed by atoms with Crippen LogP contribution in [0.2, 0.25) is 0 Å². The number of carbonyl (C=O) groups excluding carboxylic acids is 3. The van der Waals surface area contributed by atoms with E-state index in [0.717, 1.165) is 30.1 Å². The van der Waals surface area contributed by atoms with Crippen molar-refractivity contribution in [2.75, 3.05) is 43.0 Å². The summed E-state index contributed by atoms with van der Waals surface area (Å²) in [5, 5.41) is 4.30. The maximum Gasteiger partial charge on any atom is 0.358 e. The molecule has 1 aliphatic heterocycles. The Labute approximate surface area is 160 Å². The topological polar surface area (TPSA) is 91.8 Å². The van der Waals surface area contributed by atoms with Crippen molar-refractivity contribution in [2.24, 2.45) is 0 Å². The van der Waals surface area contributed by atoms with Gasteiger partial charge in [0.15, 0.2) is 17.4 Å². The van der Waals surface area contributed by atoms with Crippen molar-refractivity contribution in [3.05, 3.63) is 41.4 Å². The van der Waals surface area contributed by atoms with Crippen LogP contribution in [-0.4, -0.2) is 60.5 Å². The third kappa shape index (κ3) is 5.04.